The normalized spacial score (nSPS) is 16.9. The van der Waals surface area contributed by atoms with Gasteiger partial charge in [0.15, 0.2) is 6.10 Å². The van der Waals surface area contributed by atoms with Gasteiger partial charge in [0.05, 0.1) is 16.9 Å². The van der Waals surface area contributed by atoms with Gasteiger partial charge in [-0.15, -0.1) is 0 Å². The van der Waals surface area contributed by atoms with E-state index < -0.39 is 23.6 Å². The lowest BCUT2D eigenvalue weighted by Crippen LogP contribution is -2.39. The van der Waals surface area contributed by atoms with Crippen molar-refractivity contribution >= 4 is 17.6 Å². The van der Waals surface area contributed by atoms with E-state index in [9.17, 15) is 19.8 Å². The number of piperidine rings is 1. The van der Waals surface area contributed by atoms with E-state index in [1.807, 2.05) is 34.6 Å². The van der Waals surface area contributed by atoms with Gasteiger partial charge in [-0.05, 0) is 70.6 Å². The molecule has 1 aromatic carbocycles. The fraction of sp³-hybridized carbons (Fsp3) is 0.519. The van der Waals surface area contributed by atoms with Gasteiger partial charge < -0.3 is 19.8 Å². The summed E-state index contributed by atoms with van der Waals surface area (Å²) in [6.07, 6.45) is 0.764. The van der Waals surface area contributed by atoms with Gasteiger partial charge in [-0.25, -0.2) is 9.59 Å². The molecule has 1 atom stereocenters. The fourth-order valence-electron chi connectivity index (χ4n) is 4.53. The van der Waals surface area contributed by atoms with Crippen LogP contribution in [0.15, 0.2) is 24.3 Å². The number of aliphatic carboxylic acids is 1. The number of ether oxygens (including phenoxy) is 1. The molecule has 0 saturated carbocycles. The summed E-state index contributed by atoms with van der Waals surface area (Å²) in [6, 6.07) is 6.68. The summed E-state index contributed by atoms with van der Waals surface area (Å²) in [6.45, 7) is 15.3. The van der Waals surface area contributed by atoms with E-state index in [0.29, 0.717) is 11.3 Å². The molecule has 34 heavy (non-hydrogen) atoms. The first kappa shape index (κ1) is 25.7. The summed E-state index contributed by atoms with van der Waals surface area (Å²) >= 11 is 0. The minimum atomic E-state index is -1.19. The standard InChI is InChI=1S/C27H36N2O5/c1-16-20(18-8-10-19(11-9-18)24(30)31)22(29-14-12-27(6,7)13-15-29)21(17(2)28-16)23(25(32)33)34-26(3,4)5/h8-11,23H,12-15H2,1-7H3,(H,30,31)(H,32,33)/t23-/m0/s1. The highest BCUT2D eigenvalue weighted by atomic mass is 16.5. The second-order valence-electron chi connectivity index (χ2n) is 10.9. The second-order valence-corrected chi connectivity index (χ2v) is 10.9. The molecule has 1 saturated heterocycles. The summed E-state index contributed by atoms with van der Waals surface area (Å²) in [5.74, 6) is -2.05. The average molecular weight is 469 g/mol. The zero-order chi connectivity index (χ0) is 25.4. The molecule has 1 aromatic heterocycles. The predicted molar refractivity (Wildman–Crippen MR) is 133 cm³/mol. The molecule has 0 radical (unpaired) electrons. The van der Waals surface area contributed by atoms with Crippen molar-refractivity contribution < 1.29 is 24.5 Å². The Morgan fingerprint density at radius 1 is 1.03 bits per heavy atom. The largest absolute Gasteiger partial charge is 0.479 e. The molecule has 0 aliphatic carbocycles. The van der Waals surface area contributed by atoms with Crippen molar-refractivity contribution in [2.45, 2.75) is 73.0 Å². The Morgan fingerprint density at radius 2 is 1.59 bits per heavy atom. The maximum absolute atomic E-state index is 12.5. The van der Waals surface area contributed by atoms with E-state index in [2.05, 4.69) is 18.7 Å². The number of hydrogen-bond acceptors (Lipinski definition) is 5. The first-order chi connectivity index (χ1) is 15.7. The number of aromatic carboxylic acids is 1. The van der Waals surface area contributed by atoms with Crippen molar-refractivity contribution in [3.8, 4) is 11.1 Å². The van der Waals surface area contributed by atoms with Gasteiger partial charge in [0.1, 0.15) is 0 Å². The molecule has 0 spiro atoms. The molecule has 2 aromatic rings. The first-order valence-electron chi connectivity index (χ1n) is 11.7. The van der Waals surface area contributed by atoms with Gasteiger partial charge in [0, 0.05) is 35.6 Å². The lowest BCUT2D eigenvalue weighted by atomic mass is 9.81. The average Bonchev–Trinajstić information content (AvgIpc) is 2.71. The van der Waals surface area contributed by atoms with Crippen molar-refractivity contribution in [2.75, 3.05) is 18.0 Å². The van der Waals surface area contributed by atoms with Crippen LogP contribution in [-0.2, 0) is 9.53 Å². The number of pyridine rings is 1. The highest BCUT2D eigenvalue weighted by Gasteiger charge is 2.36. The van der Waals surface area contributed by atoms with Crippen molar-refractivity contribution in [3.05, 3.63) is 46.8 Å². The van der Waals surface area contributed by atoms with E-state index >= 15 is 0 Å². The minimum Gasteiger partial charge on any atom is -0.479 e. The molecule has 0 bridgehead atoms. The van der Waals surface area contributed by atoms with Gasteiger partial charge >= 0.3 is 11.9 Å². The summed E-state index contributed by atoms with van der Waals surface area (Å²) < 4.78 is 6.08. The molecule has 0 amide bonds. The molecule has 1 aliphatic rings. The number of aryl methyl sites for hydroxylation is 2. The molecule has 0 unspecified atom stereocenters. The Labute approximate surface area is 201 Å². The van der Waals surface area contributed by atoms with Crippen LogP contribution < -0.4 is 4.90 Å². The van der Waals surface area contributed by atoms with Crippen LogP contribution in [0.5, 0.6) is 0 Å². The third kappa shape index (κ3) is 5.58. The zero-order valence-corrected chi connectivity index (χ0v) is 21.2. The highest BCUT2D eigenvalue weighted by Crippen LogP contribution is 2.44. The third-order valence-electron chi connectivity index (χ3n) is 6.39. The molecule has 2 N–H and O–H groups in total. The van der Waals surface area contributed by atoms with Crippen LogP contribution in [0.1, 0.15) is 80.9 Å². The number of rotatable bonds is 6. The van der Waals surface area contributed by atoms with Crippen molar-refractivity contribution in [3.63, 3.8) is 0 Å². The Kier molecular flexibility index (Phi) is 7.08. The number of nitrogens with zero attached hydrogens (tertiary/aromatic N) is 2. The summed E-state index contributed by atoms with van der Waals surface area (Å²) in [5, 5.41) is 19.5. The van der Waals surface area contributed by atoms with Gasteiger partial charge in [0.25, 0.3) is 0 Å². The van der Waals surface area contributed by atoms with E-state index in [0.717, 1.165) is 48.4 Å². The molecule has 3 rings (SSSR count). The Morgan fingerprint density at radius 3 is 2.06 bits per heavy atom. The number of carbonyl (C=O) groups is 2. The maximum atomic E-state index is 12.5. The van der Waals surface area contributed by atoms with Gasteiger partial charge in [-0.3, -0.25) is 4.98 Å². The quantitative estimate of drug-likeness (QED) is 0.566. The van der Waals surface area contributed by atoms with Gasteiger partial charge in [0.2, 0.25) is 0 Å². The zero-order valence-electron chi connectivity index (χ0n) is 21.2. The molecule has 184 valence electrons. The lowest BCUT2D eigenvalue weighted by molar-refractivity contribution is -0.160. The maximum Gasteiger partial charge on any atom is 0.337 e. The first-order valence-corrected chi connectivity index (χ1v) is 11.7. The molecular formula is C27H36N2O5. The number of carboxylic acids is 2. The van der Waals surface area contributed by atoms with E-state index in [-0.39, 0.29) is 11.0 Å². The summed E-state index contributed by atoms with van der Waals surface area (Å²) in [4.78, 5) is 30.9. The molecule has 1 fully saturated rings. The van der Waals surface area contributed by atoms with E-state index in [4.69, 9.17) is 9.72 Å². The molecule has 7 nitrogen and oxygen atoms in total. The summed E-state index contributed by atoms with van der Waals surface area (Å²) in [7, 11) is 0. The lowest BCUT2D eigenvalue weighted by Gasteiger charge is -2.41. The molecule has 7 heteroatoms. The number of aromatic nitrogens is 1. The fourth-order valence-corrected chi connectivity index (χ4v) is 4.53. The van der Waals surface area contributed by atoms with E-state index in [1.54, 1.807) is 24.3 Å². The van der Waals surface area contributed by atoms with Crippen LogP contribution >= 0.6 is 0 Å². The second kappa shape index (κ2) is 9.37. The molecule has 2 heterocycles. The number of benzene rings is 1. The summed E-state index contributed by atoms with van der Waals surface area (Å²) in [5.41, 5.74) is 4.13. The van der Waals surface area contributed by atoms with Crippen LogP contribution in [0.3, 0.4) is 0 Å². The van der Waals surface area contributed by atoms with Gasteiger partial charge in [-0.2, -0.15) is 0 Å². The van der Waals surface area contributed by atoms with Crippen molar-refractivity contribution in [2.24, 2.45) is 5.41 Å². The van der Waals surface area contributed by atoms with Gasteiger partial charge in [-0.1, -0.05) is 26.0 Å². The molecular weight excluding hydrogens is 432 g/mol. The SMILES string of the molecule is Cc1nc(C)c([C@H](OC(C)(C)C)C(=O)O)c(N2CCC(C)(C)CC2)c1-c1ccc(C(=O)O)cc1. The number of anilines is 1. The van der Waals surface area contributed by atoms with Crippen molar-refractivity contribution in [1.82, 2.24) is 4.98 Å². The predicted octanol–water partition coefficient (Wildman–Crippen LogP) is 5.63. The Bertz CT molecular complexity index is 1070. The highest BCUT2D eigenvalue weighted by molar-refractivity contribution is 5.91. The molecule has 1 aliphatic heterocycles. The topological polar surface area (TPSA) is 100.0 Å². The van der Waals surface area contributed by atoms with Crippen LogP contribution in [0.2, 0.25) is 0 Å². The van der Waals surface area contributed by atoms with Crippen LogP contribution in [0.25, 0.3) is 11.1 Å². The third-order valence-corrected chi connectivity index (χ3v) is 6.39. The van der Waals surface area contributed by atoms with Crippen LogP contribution in [0.4, 0.5) is 5.69 Å². The van der Waals surface area contributed by atoms with Crippen molar-refractivity contribution in [1.29, 1.82) is 0 Å². The Hall–Kier alpha value is -2.93. The van der Waals surface area contributed by atoms with Crippen LogP contribution in [0, 0.1) is 19.3 Å². The van der Waals surface area contributed by atoms with Crippen LogP contribution in [-0.4, -0.2) is 45.8 Å². The number of hydrogen-bond donors (Lipinski definition) is 2. The minimum absolute atomic E-state index is 0.197. The van der Waals surface area contributed by atoms with E-state index in [1.165, 1.54) is 0 Å². The number of carboxylic acid groups (broad SMARTS) is 2. The monoisotopic (exact) mass is 468 g/mol. The Balaban J connectivity index is 2.29. The smallest absolute Gasteiger partial charge is 0.337 e.